The molecule has 2 fully saturated rings. The summed E-state index contributed by atoms with van der Waals surface area (Å²) < 4.78 is 25.4. The first-order chi connectivity index (χ1) is 9.04. The average molecular weight is 361 g/mol. The standard InChI is InChI=1S/C14H28N2O2S.2ClH/c1-3-19(17,18)15(2)13-9-11-16(12-10-13)14-7-5-4-6-8-14;;/h13-14H,3-12H2,1-2H3;2*1H. The van der Waals surface area contributed by atoms with Crippen molar-refractivity contribution < 1.29 is 8.42 Å². The lowest BCUT2D eigenvalue weighted by molar-refractivity contribution is 0.102. The van der Waals surface area contributed by atoms with Crippen LogP contribution >= 0.6 is 24.8 Å². The molecule has 0 aromatic rings. The molecule has 1 aliphatic heterocycles. The summed E-state index contributed by atoms with van der Waals surface area (Å²) in [5, 5.41) is 0. The predicted molar refractivity (Wildman–Crippen MR) is 93.2 cm³/mol. The minimum atomic E-state index is -3.03. The van der Waals surface area contributed by atoms with Gasteiger partial charge in [0.1, 0.15) is 0 Å². The summed E-state index contributed by atoms with van der Waals surface area (Å²) in [6.45, 7) is 3.86. The summed E-state index contributed by atoms with van der Waals surface area (Å²) in [4.78, 5) is 2.60. The van der Waals surface area contributed by atoms with Crippen LogP contribution in [-0.4, -0.2) is 55.6 Å². The van der Waals surface area contributed by atoms with Crippen molar-refractivity contribution in [3.05, 3.63) is 0 Å². The molecule has 0 amide bonds. The zero-order chi connectivity index (χ0) is 13.9. The van der Waals surface area contributed by atoms with Crippen LogP contribution in [0.5, 0.6) is 0 Å². The number of nitrogens with zero attached hydrogens (tertiary/aromatic N) is 2. The van der Waals surface area contributed by atoms with Crippen LogP contribution in [0.4, 0.5) is 0 Å². The van der Waals surface area contributed by atoms with E-state index < -0.39 is 10.0 Å². The van der Waals surface area contributed by atoms with Gasteiger partial charge in [-0.25, -0.2) is 12.7 Å². The van der Waals surface area contributed by atoms with Crippen LogP contribution in [-0.2, 0) is 10.0 Å². The summed E-state index contributed by atoms with van der Waals surface area (Å²) in [7, 11) is -1.28. The first kappa shape index (κ1) is 21.4. The Balaban J connectivity index is 0.00000200. The van der Waals surface area contributed by atoms with E-state index in [1.165, 1.54) is 32.1 Å². The maximum Gasteiger partial charge on any atom is 0.213 e. The average Bonchev–Trinajstić information content (AvgIpc) is 2.47. The highest BCUT2D eigenvalue weighted by Crippen LogP contribution is 2.26. The Hall–Kier alpha value is 0.450. The number of hydrogen-bond acceptors (Lipinski definition) is 3. The van der Waals surface area contributed by atoms with E-state index in [1.54, 1.807) is 18.3 Å². The quantitative estimate of drug-likeness (QED) is 0.773. The van der Waals surface area contributed by atoms with Gasteiger partial charge in [0.15, 0.2) is 0 Å². The molecule has 0 unspecified atom stereocenters. The molecule has 0 N–H and O–H groups in total. The van der Waals surface area contributed by atoms with Crippen molar-refractivity contribution in [3.8, 4) is 0 Å². The molecule has 0 radical (unpaired) electrons. The molecule has 1 aliphatic carbocycles. The zero-order valence-corrected chi connectivity index (χ0v) is 15.6. The van der Waals surface area contributed by atoms with Crippen LogP contribution in [0.25, 0.3) is 0 Å². The molecule has 0 spiro atoms. The molecule has 1 heterocycles. The third-order valence-electron chi connectivity index (χ3n) is 4.91. The summed E-state index contributed by atoms with van der Waals surface area (Å²) in [6.07, 6.45) is 8.80. The van der Waals surface area contributed by atoms with Crippen molar-refractivity contribution in [1.29, 1.82) is 0 Å². The van der Waals surface area contributed by atoms with Crippen LogP contribution in [0.1, 0.15) is 51.9 Å². The number of piperidine rings is 1. The van der Waals surface area contributed by atoms with Crippen LogP contribution in [0.15, 0.2) is 0 Å². The van der Waals surface area contributed by atoms with E-state index in [-0.39, 0.29) is 36.6 Å². The van der Waals surface area contributed by atoms with Crippen molar-refractivity contribution in [3.63, 3.8) is 0 Å². The molecule has 1 saturated heterocycles. The van der Waals surface area contributed by atoms with Crippen molar-refractivity contribution in [2.45, 2.75) is 64.0 Å². The lowest BCUT2D eigenvalue weighted by Gasteiger charge is -2.41. The van der Waals surface area contributed by atoms with Gasteiger partial charge in [0.05, 0.1) is 5.75 Å². The fraction of sp³-hybridized carbons (Fsp3) is 1.00. The van der Waals surface area contributed by atoms with Crippen molar-refractivity contribution >= 4 is 34.8 Å². The number of hydrogen-bond donors (Lipinski definition) is 0. The normalized spacial score (nSPS) is 22.6. The largest absolute Gasteiger partial charge is 0.300 e. The lowest BCUT2D eigenvalue weighted by atomic mass is 9.92. The Kier molecular flexibility index (Phi) is 9.76. The summed E-state index contributed by atoms with van der Waals surface area (Å²) in [6, 6.07) is 0.979. The molecule has 0 aromatic heterocycles. The second-order valence-corrected chi connectivity index (χ2v) is 8.29. The topological polar surface area (TPSA) is 40.6 Å². The molecular weight excluding hydrogens is 331 g/mol. The number of halogens is 2. The van der Waals surface area contributed by atoms with Gasteiger partial charge in [0.2, 0.25) is 10.0 Å². The van der Waals surface area contributed by atoms with E-state index in [2.05, 4.69) is 4.90 Å². The van der Waals surface area contributed by atoms with Gasteiger partial charge in [-0.05, 0) is 45.7 Å². The van der Waals surface area contributed by atoms with Crippen molar-refractivity contribution in [1.82, 2.24) is 9.21 Å². The number of rotatable bonds is 4. The Morgan fingerprint density at radius 2 is 1.52 bits per heavy atom. The fourth-order valence-electron chi connectivity index (χ4n) is 3.49. The third-order valence-corrected chi connectivity index (χ3v) is 6.81. The molecule has 7 heteroatoms. The second kappa shape index (κ2) is 9.56. The molecule has 4 nitrogen and oxygen atoms in total. The monoisotopic (exact) mass is 360 g/mol. The molecule has 1 saturated carbocycles. The lowest BCUT2D eigenvalue weighted by Crippen LogP contribution is -2.49. The third kappa shape index (κ3) is 5.54. The maximum atomic E-state index is 11.9. The molecule has 0 aromatic carbocycles. The van der Waals surface area contributed by atoms with Gasteiger partial charge in [0, 0.05) is 19.1 Å². The van der Waals surface area contributed by atoms with Crippen molar-refractivity contribution in [2.75, 3.05) is 25.9 Å². The van der Waals surface area contributed by atoms with E-state index >= 15 is 0 Å². The Morgan fingerprint density at radius 1 is 1.00 bits per heavy atom. The highest BCUT2D eigenvalue weighted by Gasteiger charge is 2.31. The SMILES string of the molecule is CCS(=O)(=O)N(C)C1CCN(C2CCCCC2)CC1.Cl.Cl. The fourth-order valence-corrected chi connectivity index (χ4v) is 4.56. The highest BCUT2D eigenvalue weighted by atomic mass is 35.5. The van der Waals surface area contributed by atoms with Gasteiger partial charge in [-0.1, -0.05) is 19.3 Å². The molecule has 128 valence electrons. The van der Waals surface area contributed by atoms with Crippen LogP contribution in [0.3, 0.4) is 0 Å². The van der Waals surface area contributed by atoms with Gasteiger partial charge >= 0.3 is 0 Å². The van der Waals surface area contributed by atoms with Gasteiger partial charge in [0.25, 0.3) is 0 Å². The van der Waals surface area contributed by atoms with Gasteiger partial charge < -0.3 is 4.90 Å². The molecule has 2 rings (SSSR count). The van der Waals surface area contributed by atoms with Crippen LogP contribution < -0.4 is 0 Å². The van der Waals surface area contributed by atoms with E-state index in [9.17, 15) is 8.42 Å². The molecule has 0 atom stereocenters. The summed E-state index contributed by atoms with van der Waals surface area (Å²) in [5.41, 5.74) is 0. The van der Waals surface area contributed by atoms with Gasteiger partial charge in [-0.15, -0.1) is 24.8 Å². The molecule has 0 bridgehead atoms. The van der Waals surface area contributed by atoms with E-state index in [0.29, 0.717) is 0 Å². The molecule has 21 heavy (non-hydrogen) atoms. The molecular formula is C14H30Cl2N2O2S. The van der Waals surface area contributed by atoms with Gasteiger partial charge in [-0.2, -0.15) is 0 Å². The number of sulfonamides is 1. The molecule has 2 aliphatic rings. The highest BCUT2D eigenvalue weighted by molar-refractivity contribution is 7.89. The zero-order valence-electron chi connectivity index (χ0n) is 13.2. The summed E-state index contributed by atoms with van der Waals surface area (Å²) in [5.74, 6) is 0.215. The minimum Gasteiger partial charge on any atom is -0.300 e. The maximum absolute atomic E-state index is 11.9. The van der Waals surface area contributed by atoms with Crippen molar-refractivity contribution in [2.24, 2.45) is 0 Å². The Morgan fingerprint density at radius 3 is 2.00 bits per heavy atom. The van der Waals surface area contributed by atoms with E-state index in [4.69, 9.17) is 0 Å². The van der Waals surface area contributed by atoms with Gasteiger partial charge in [-0.3, -0.25) is 0 Å². The van der Waals surface area contributed by atoms with Crippen LogP contribution in [0, 0.1) is 0 Å². The predicted octanol–water partition coefficient (Wildman–Crippen LogP) is 2.91. The first-order valence-corrected chi connectivity index (χ1v) is 9.35. The number of likely N-dealkylation sites (tertiary alicyclic amines) is 1. The van der Waals surface area contributed by atoms with E-state index in [1.807, 2.05) is 0 Å². The van der Waals surface area contributed by atoms with Crippen LogP contribution in [0.2, 0.25) is 0 Å². The first-order valence-electron chi connectivity index (χ1n) is 7.74. The summed E-state index contributed by atoms with van der Waals surface area (Å²) >= 11 is 0. The minimum absolute atomic E-state index is 0. The smallest absolute Gasteiger partial charge is 0.213 e. The second-order valence-electron chi connectivity index (χ2n) is 5.98. The van der Waals surface area contributed by atoms with E-state index in [0.717, 1.165) is 32.0 Å². The Labute approximate surface area is 142 Å². The Bertz CT molecular complexity index is 378.